The third-order valence-corrected chi connectivity index (χ3v) is 2.27. The molecule has 0 unspecified atom stereocenters. The Bertz CT molecular complexity index is 142. The minimum absolute atomic E-state index is 0.276. The Kier molecular flexibility index (Phi) is 8.64. The monoisotopic (exact) mass is 201 g/mol. The second-order valence-corrected chi connectivity index (χ2v) is 3.73. The number of hydrogen-bond donors (Lipinski definition) is 2. The van der Waals surface area contributed by atoms with Gasteiger partial charge in [0.2, 0.25) is 0 Å². The molecule has 0 aliphatic carbocycles. The highest BCUT2D eigenvalue weighted by atomic mass is 16.4. The number of rotatable bonds is 9. The normalized spacial score (nSPS) is 10.8. The van der Waals surface area contributed by atoms with Gasteiger partial charge in [-0.15, -0.1) is 0 Å². The van der Waals surface area contributed by atoms with Crippen LogP contribution in [0, 0.1) is 0 Å². The fourth-order valence-electron chi connectivity index (χ4n) is 1.59. The van der Waals surface area contributed by atoms with Crippen molar-refractivity contribution in [3.05, 3.63) is 0 Å². The summed E-state index contributed by atoms with van der Waals surface area (Å²) in [6.45, 7) is 5.19. The van der Waals surface area contributed by atoms with Crippen molar-refractivity contribution in [2.75, 3.05) is 6.54 Å². The van der Waals surface area contributed by atoms with Crippen LogP contribution in [0.15, 0.2) is 0 Å². The Balaban J connectivity index is 3.44. The number of carboxylic acids is 1. The average Bonchev–Trinajstić information content (AvgIpc) is 2.12. The fraction of sp³-hybridized carbons (Fsp3) is 0.909. The third-order valence-electron chi connectivity index (χ3n) is 2.27. The molecule has 0 amide bonds. The predicted molar refractivity (Wildman–Crippen MR) is 58.5 cm³/mol. The standard InChI is InChI=1S/C11H23NO2/c1-3-6-10(7-4-2)12-9-5-8-11(13)14/h10,12H,3-9H2,1-2H3,(H,13,14). The van der Waals surface area contributed by atoms with Gasteiger partial charge in [0.1, 0.15) is 0 Å². The van der Waals surface area contributed by atoms with Crippen molar-refractivity contribution in [3.8, 4) is 0 Å². The Labute approximate surface area is 86.9 Å². The van der Waals surface area contributed by atoms with Gasteiger partial charge in [-0.3, -0.25) is 4.79 Å². The van der Waals surface area contributed by atoms with Crippen molar-refractivity contribution >= 4 is 5.97 Å². The molecule has 0 spiro atoms. The molecule has 0 saturated carbocycles. The summed E-state index contributed by atoms with van der Waals surface area (Å²) in [5, 5.41) is 11.9. The van der Waals surface area contributed by atoms with E-state index in [9.17, 15) is 4.79 Å². The lowest BCUT2D eigenvalue weighted by Gasteiger charge is -2.16. The van der Waals surface area contributed by atoms with E-state index in [2.05, 4.69) is 19.2 Å². The fourth-order valence-corrected chi connectivity index (χ4v) is 1.59. The van der Waals surface area contributed by atoms with Gasteiger partial charge in [0.05, 0.1) is 0 Å². The molecular weight excluding hydrogens is 178 g/mol. The third kappa shape index (κ3) is 8.05. The van der Waals surface area contributed by atoms with Gasteiger partial charge in [-0.1, -0.05) is 26.7 Å². The molecule has 84 valence electrons. The van der Waals surface area contributed by atoms with E-state index in [0.29, 0.717) is 6.04 Å². The quantitative estimate of drug-likeness (QED) is 0.563. The number of aliphatic carboxylic acids is 1. The van der Waals surface area contributed by atoms with Crippen LogP contribution in [-0.2, 0) is 4.79 Å². The summed E-state index contributed by atoms with van der Waals surface area (Å²) >= 11 is 0. The first-order valence-electron chi connectivity index (χ1n) is 5.65. The molecule has 3 heteroatoms. The first-order valence-corrected chi connectivity index (χ1v) is 5.65. The molecule has 0 rings (SSSR count). The molecule has 0 atom stereocenters. The molecule has 0 aliphatic rings. The van der Waals surface area contributed by atoms with E-state index in [0.717, 1.165) is 13.0 Å². The topological polar surface area (TPSA) is 49.3 Å². The molecule has 0 heterocycles. The molecule has 0 aromatic heterocycles. The molecule has 0 aromatic rings. The van der Waals surface area contributed by atoms with Crippen LogP contribution in [0.2, 0.25) is 0 Å². The molecular formula is C11H23NO2. The largest absolute Gasteiger partial charge is 0.481 e. The smallest absolute Gasteiger partial charge is 0.303 e. The lowest BCUT2D eigenvalue weighted by molar-refractivity contribution is -0.137. The summed E-state index contributed by atoms with van der Waals surface area (Å²) in [7, 11) is 0. The minimum atomic E-state index is -0.700. The summed E-state index contributed by atoms with van der Waals surface area (Å²) in [6, 6.07) is 0.582. The molecule has 0 aliphatic heterocycles. The number of hydrogen-bond acceptors (Lipinski definition) is 2. The van der Waals surface area contributed by atoms with Gasteiger partial charge in [-0.05, 0) is 25.8 Å². The van der Waals surface area contributed by atoms with E-state index in [1.807, 2.05) is 0 Å². The van der Waals surface area contributed by atoms with Crippen LogP contribution in [0.3, 0.4) is 0 Å². The Hall–Kier alpha value is -0.570. The summed E-state index contributed by atoms with van der Waals surface area (Å²) in [5.74, 6) is -0.700. The summed E-state index contributed by atoms with van der Waals surface area (Å²) in [6.07, 6.45) is 5.78. The van der Waals surface area contributed by atoms with Crippen molar-refractivity contribution in [1.82, 2.24) is 5.32 Å². The molecule has 14 heavy (non-hydrogen) atoms. The Morgan fingerprint density at radius 1 is 1.29 bits per heavy atom. The van der Waals surface area contributed by atoms with Gasteiger partial charge in [0.25, 0.3) is 0 Å². The summed E-state index contributed by atoms with van der Waals surface area (Å²) < 4.78 is 0. The average molecular weight is 201 g/mol. The van der Waals surface area contributed by atoms with Crippen LogP contribution in [0.5, 0.6) is 0 Å². The predicted octanol–water partition coefficient (Wildman–Crippen LogP) is 2.41. The zero-order valence-electron chi connectivity index (χ0n) is 9.38. The van der Waals surface area contributed by atoms with Gasteiger partial charge < -0.3 is 10.4 Å². The zero-order chi connectivity index (χ0) is 10.8. The zero-order valence-corrected chi connectivity index (χ0v) is 9.38. The number of carboxylic acid groups (broad SMARTS) is 1. The van der Waals surface area contributed by atoms with E-state index < -0.39 is 5.97 Å². The second-order valence-electron chi connectivity index (χ2n) is 3.73. The first kappa shape index (κ1) is 13.4. The Morgan fingerprint density at radius 2 is 1.86 bits per heavy atom. The van der Waals surface area contributed by atoms with Crippen LogP contribution in [0.25, 0.3) is 0 Å². The van der Waals surface area contributed by atoms with Crippen LogP contribution in [0.4, 0.5) is 0 Å². The van der Waals surface area contributed by atoms with Gasteiger partial charge in [-0.25, -0.2) is 0 Å². The number of nitrogens with one attached hydrogen (secondary N) is 1. The van der Waals surface area contributed by atoms with Gasteiger partial charge >= 0.3 is 5.97 Å². The van der Waals surface area contributed by atoms with Crippen molar-refractivity contribution in [1.29, 1.82) is 0 Å². The van der Waals surface area contributed by atoms with Crippen molar-refractivity contribution in [2.24, 2.45) is 0 Å². The van der Waals surface area contributed by atoms with Gasteiger partial charge in [-0.2, -0.15) is 0 Å². The molecule has 0 radical (unpaired) electrons. The molecule has 3 nitrogen and oxygen atoms in total. The minimum Gasteiger partial charge on any atom is -0.481 e. The van der Waals surface area contributed by atoms with E-state index >= 15 is 0 Å². The lowest BCUT2D eigenvalue weighted by Crippen LogP contribution is -2.29. The molecule has 0 aromatic carbocycles. The second kappa shape index (κ2) is 9.00. The highest BCUT2D eigenvalue weighted by Crippen LogP contribution is 2.04. The Morgan fingerprint density at radius 3 is 2.29 bits per heavy atom. The van der Waals surface area contributed by atoms with Crippen LogP contribution >= 0.6 is 0 Å². The maximum Gasteiger partial charge on any atom is 0.303 e. The maximum absolute atomic E-state index is 10.3. The highest BCUT2D eigenvalue weighted by molar-refractivity contribution is 5.66. The highest BCUT2D eigenvalue weighted by Gasteiger charge is 2.05. The van der Waals surface area contributed by atoms with E-state index in [4.69, 9.17) is 5.11 Å². The molecule has 2 N–H and O–H groups in total. The summed E-state index contributed by atoms with van der Waals surface area (Å²) in [4.78, 5) is 10.3. The van der Waals surface area contributed by atoms with Crippen LogP contribution in [0.1, 0.15) is 52.4 Å². The molecule has 0 bridgehead atoms. The van der Waals surface area contributed by atoms with Crippen LogP contribution in [-0.4, -0.2) is 23.7 Å². The van der Waals surface area contributed by atoms with E-state index in [1.54, 1.807) is 0 Å². The first-order chi connectivity index (χ1) is 6.70. The van der Waals surface area contributed by atoms with E-state index in [1.165, 1.54) is 25.7 Å². The molecule has 0 fully saturated rings. The lowest BCUT2D eigenvalue weighted by atomic mass is 10.1. The SMILES string of the molecule is CCCC(CCC)NCCCC(=O)O. The van der Waals surface area contributed by atoms with Crippen molar-refractivity contribution < 1.29 is 9.90 Å². The summed E-state index contributed by atoms with van der Waals surface area (Å²) in [5.41, 5.74) is 0. The maximum atomic E-state index is 10.3. The van der Waals surface area contributed by atoms with Crippen molar-refractivity contribution in [3.63, 3.8) is 0 Å². The van der Waals surface area contributed by atoms with Crippen molar-refractivity contribution in [2.45, 2.75) is 58.4 Å². The molecule has 0 saturated heterocycles. The van der Waals surface area contributed by atoms with Gasteiger partial charge in [0.15, 0.2) is 0 Å². The van der Waals surface area contributed by atoms with Gasteiger partial charge in [0, 0.05) is 12.5 Å². The van der Waals surface area contributed by atoms with Crippen LogP contribution < -0.4 is 5.32 Å². The van der Waals surface area contributed by atoms with E-state index in [-0.39, 0.29) is 6.42 Å². The number of carbonyl (C=O) groups is 1.